The first-order valence-electron chi connectivity index (χ1n) is 8.77. The van der Waals surface area contributed by atoms with Gasteiger partial charge in [0.25, 0.3) is 0 Å². The average molecular weight is 391 g/mol. The lowest BCUT2D eigenvalue weighted by Crippen LogP contribution is -2.55. The van der Waals surface area contributed by atoms with Gasteiger partial charge in [0.1, 0.15) is 24.5 Å². The molecule has 0 aliphatic carbocycles. The van der Waals surface area contributed by atoms with Crippen molar-refractivity contribution >= 4 is 23.3 Å². The third-order valence-corrected chi connectivity index (χ3v) is 4.78. The second kappa shape index (κ2) is 8.54. The number of amides is 1. The highest BCUT2D eigenvalue weighted by Gasteiger charge is 2.28. The van der Waals surface area contributed by atoms with Crippen LogP contribution in [0.25, 0.3) is 0 Å². The van der Waals surface area contributed by atoms with Crippen molar-refractivity contribution in [2.24, 2.45) is 0 Å². The molecule has 1 aliphatic heterocycles. The zero-order valence-corrected chi connectivity index (χ0v) is 16.4. The molecule has 27 heavy (non-hydrogen) atoms. The van der Waals surface area contributed by atoms with Crippen LogP contribution in [0.3, 0.4) is 0 Å². The van der Waals surface area contributed by atoms with Gasteiger partial charge in [-0.2, -0.15) is 0 Å². The molecule has 1 fully saturated rings. The quantitative estimate of drug-likeness (QED) is 0.782. The van der Waals surface area contributed by atoms with E-state index in [0.29, 0.717) is 36.3 Å². The van der Waals surface area contributed by atoms with E-state index in [9.17, 15) is 4.79 Å². The van der Waals surface area contributed by atoms with E-state index < -0.39 is 0 Å². The zero-order valence-electron chi connectivity index (χ0n) is 15.7. The molecule has 7 nitrogen and oxygen atoms in total. The van der Waals surface area contributed by atoms with Crippen molar-refractivity contribution in [2.75, 3.05) is 38.3 Å². The Kier molecular flexibility index (Phi) is 6.13. The number of carbonyl (C=O) groups is 1. The third-order valence-electron chi connectivity index (χ3n) is 4.47. The van der Waals surface area contributed by atoms with Crippen LogP contribution >= 0.6 is 11.6 Å². The van der Waals surface area contributed by atoms with E-state index in [2.05, 4.69) is 14.9 Å². The number of aromatic nitrogens is 2. The number of halogens is 1. The summed E-state index contributed by atoms with van der Waals surface area (Å²) in [4.78, 5) is 24.6. The van der Waals surface area contributed by atoms with E-state index >= 15 is 0 Å². The van der Waals surface area contributed by atoms with Crippen molar-refractivity contribution in [3.8, 4) is 11.6 Å². The van der Waals surface area contributed by atoms with Crippen LogP contribution in [0.4, 0.5) is 5.82 Å². The summed E-state index contributed by atoms with van der Waals surface area (Å²) in [7, 11) is 1.53. The topological polar surface area (TPSA) is 67.8 Å². The summed E-state index contributed by atoms with van der Waals surface area (Å²) < 4.78 is 10.8. The minimum Gasteiger partial charge on any atom is -0.437 e. The van der Waals surface area contributed by atoms with Gasteiger partial charge in [0.15, 0.2) is 0 Å². The summed E-state index contributed by atoms with van der Waals surface area (Å²) >= 11 is 6.20. The molecule has 1 aliphatic rings. The highest BCUT2D eigenvalue weighted by Crippen LogP contribution is 2.30. The molecular weight excluding hydrogens is 368 g/mol. The van der Waals surface area contributed by atoms with Gasteiger partial charge < -0.3 is 19.3 Å². The summed E-state index contributed by atoms with van der Waals surface area (Å²) in [5, 5.41) is 0.527. The van der Waals surface area contributed by atoms with Gasteiger partial charge in [-0.25, -0.2) is 9.97 Å². The molecule has 1 amide bonds. The molecule has 0 saturated carbocycles. The predicted molar refractivity (Wildman–Crippen MR) is 104 cm³/mol. The predicted octanol–water partition coefficient (Wildman–Crippen LogP) is 2.91. The molecule has 1 aromatic heterocycles. The first-order chi connectivity index (χ1) is 13.0. The maximum Gasteiger partial charge on any atom is 0.248 e. The second-order valence-corrected chi connectivity index (χ2v) is 6.97. The smallest absolute Gasteiger partial charge is 0.248 e. The Morgan fingerprint density at radius 2 is 2.11 bits per heavy atom. The molecule has 0 bridgehead atoms. The Bertz CT molecular complexity index is 817. The molecule has 0 radical (unpaired) electrons. The highest BCUT2D eigenvalue weighted by atomic mass is 35.5. The molecule has 0 N–H and O–H groups in total. The number of nitrogens with zero attached hydrogens (tertiary/aromatic N) is 4. The van der Waals surface area contributed by atoms with Crippen molar-refractivity contribution in [3.63, 3.8) is 0 Å². The van der Waals surface area contributed by atoms with Crippen LogP contribution in [-0.2, 0) is 9.53 Å². The molecule has 2 aromatic rings. The van der Waals surface area contributed by atoms with E-state index in [1.54, 1.807) is 12.1 Å². The highest BCUT2D eigenvalue weighted by molar-refractivity contribution is 6.32. The van der Waals surface area contributed by atoms with E-state index in [0.717, 1.165) is 11.4 Å². The van der Waals surface area contributed by atoms with Crippen LogP contribution in [0.2, 0.25) is 5.02 Å². The lowest BCUT2D eigenvalue weighted by molar-refractivity contribution is -0.137. The van der Waals surface area contributed by atoms with Crippen LogP contribution in [0.15, 0.2) is 30.6 Å². The summed E-state index contributed by atoms with van der Waals surface area (Å²) in [5.41, 5.74) is 1.05. The maximum absolute atomic E-state index is 12.1. The van der Waals surface area contributed by atoms with Crippen LogP contribution in [0, 0.1) is 6.92 Å². The van der Waals surface area contributed by atoms with E-state index in [-0.39, 0.29) is 18.6 Å². The SMILES string of the molecule is COCC(=O)N1CCN(c2cc(Oc3cc(C)ccc3Cl)ncn2)C[C@H]1C. The largest absolute Gasteiger partial charge is 0.437 e. The number of carbonyl (C=O) groups excluding carboxylic acids is 1. The van der Waals surface area contributed by atoms with Gasteiger partial charge in [0.2, 0.25) is 11.8 Å². The van der Waals surface area contributed by atoms with Crippen LogP contribution < -0.4 is 9.64 Å². The number of anilines is 1. The summed E-state index contributed by atoms with van der Waals surface area (Å²) in [6.45, 7) is 6.07. The molecule has 0 unspecified atom stereocenters. The third kappa shape index (κ3) is 4.67. The lowest BCUT2D eigenvalue weighted by Gasteiger charge is -2.40. The molecule has 1 aromatic carbocycles. The van der Waals surface area contributed by atoms with Crippen LogP contribution in [0.1, 0.15) is 12.5 Å². The number of hydrogen-bond acceptors (Lipinski definition) is 6. The van der Waals surface area contributed by atoms with Gasteiger partial charge in [0.05, 0.1) is 5.02 Å². The minimum absolute atomic E-state index is 0.00505. The van der Waals surface area contributed by atoms with Crippen molar-refractivity contribution in [1.82, 2.24) is 14.9 Å². The van der Waals surface area contributed by atoms with E-state index in [1.165, 1.54) is 13.4 Å². The van der Waals surface area contributed by atoms with Crippen LogP contribution in [-0.4, -0.2) is 60.2 Å². The second-order valence-electron chi connectivity index (χ2n) is 6.57. The van der Waals surface area contributed by atoms with Gasteiger partial charge in [-0.1, -0.05) is 17.7 Å². The summed E-state index contributed by atoms with van der Waals surface area (Å²) in [6, 6.07) is 7.44. The maximum atomic E-state index is 12.1. The van der Waals surface area contributed by atoms with Gasteiger partial charge in [0, 0.05) is 38.9 Å². The monoisotopic (exact) mass is 390 g/mol. The summed E-state index contributed by atoms with van der Waals surface area (Å²) in [6.07, 6.45) is 1.47. The Hall–Kier alpha value is -2.38. The van der Waals surface area contributed by atoms with Crippen molar-refractivity contribution in [1.29, 1.82) is 0 Å². The molecule has 3 rings (SSSR count). The fourth-order valence-electron chi connectivity index (χ4n) is 3.10. The van der Waals surface area contributed by atoms with Gasteiger partial charge in [-0.05, 0) is 31.5 Å². The minimum atomic E-state index is 0.00505. The van der Waals surface area contributed by atoms with Crippen molar-refractivity contribution in [2.45, 2.75) is 19.9 Å². The van der Waals surface area contributed by atoms with Gasteiger partial charge >= 0.3 is 0 Å². The molecular formula is C19H23ClN4O3. The van der Waals surface area contributed by atoms with E-state index in [4.69, 9.17) is 21.1 Å². The Balaban J connectivity index is 1.71. The number of rotatable bonds is 5. The number of ether oxygens (including phenoxy) is 2. The fourth-order valence-corrected chi connectivity index (χ4v) is 3.26. The van der Waals surface area contributed by atoms with Gasteiger partial charge in [-0.3, -0.25) is 4.79 Å². The van der Waals surface area contributed by atoms with Crippen molar-refractivity contribution in [3.05, 3.63) is 41.2 Å². The number of piperazine rings is 1. The molecule has 8 heteroatoms. The lowest BCUT2D eigenvalue weighted by atomic mass is 10.2. The molecule has 0 spiro atoms. The molecule has 144 valence electrons. The first kappa shape index (κ1) is 19.4. The van der Waals surface area contributed by atoms with Gasteiger partial charge in [-0.15, -0.1) is 0 Å². The Morgan fingerprint density at radius 3 is 2.85 bits per heavy atom. The van der Waals surface area contributed by atoms with E-state index in [1.807, 2.05) is 30.9 Å². The molecule has 2 heterocycles. The molecule has 1 atom stereocenters. The first-order valence-corrected chi connectivity index (χ1v) is 9.15. The Labute approximate surface area is 163 Å². The van der Waals surface area contributed by atoms with Crippen LogP contribution in [0.5, 0.6) is 11.6 Å². The fraction of sp³-hybridized carbons (Fsp3) is 0.421. The van der Waals surface area contributed by atoms with Crippen molar-refractivity contribution < 1.29 is 14.3 Å². The zero-order chi connectivity index (χ0) is 19.4. The number of hydrogen-bond donors (Lipinski definition) is 0. The number of benzene rings is 1. The number of aryl methyl sites for hydroxylation is 1. The standard InChI is InChI=1S/C19H23ClN4O3/c1-13-4-5-15(20)16(8-13)27-18-9-17(21-12-22-18)23-6-7-24(14(2)10-23)19(25)11-26-3/h4-5,8-9,12,14H,6-7,10-11H2,1-3H3/t14-/m1/s1. The number of methoxy groups -OCH3 is 1. The summed E-state index contributed by atoms with van der Waals surface area (Å²) in [5.74, 6) is 1.75. The Morgan fingerprint density at radius 1 is 1.30 bits per heavy atom. The molecule has 1 saturated heterocycles. The average Bonchev–Trinajstić information content (AvgIpc) is 2.65. The normalized spacial score (nSPS) is 17.1.